The van der Waals surface area contributed by atoms with E-state index in [0.717, 1.165) is 27.4 Å². The van der Waals surface area contributed by atoms with E-state index in [1.165, 1.54) is 17.1 Å². The van der Waals surface area contributed by atoms with Crippen molar-refractivity contribution >= 4 is 22.4 Å². The fourth-order valence-electron chi connectivity index (χ4n) is 3.38. The molecule has 30 heavy (non-hydrogen) atoms. The van der Waals surface area contributed by atoms with Crippen LogP contribution in [0.4, 0.5) is 5.00 Å². The third kappa shape index (κ3) is 5.25. The van der Waals surface area contributed by atoms with Crippen LogP contribution in [0.1, 0.15) is 26.0 Å². The Hall–Kier alpha value is -3.17. The van der Waals surface area contributed by atoms with Crippen LogP contribution in [0.3, 0.4) is 0 Å². The lowest BCUT2D eigenvalue weighted by Crippen LogP contribution is -2.40. The van der Waals surface area contributed by atoms with Crippen LogP contribution in [0.2, 0.25) is 0 Å². The molecule has 0 bridgehead atoms. The highest BCUT2D eigenvalue weighted by Crippen LogP contribution is 2.36. The number of aromatic nitrogens is 1. The molecule has 1 atom stereocenters. The smallest absolute Gasteiger partial charge is 0.243 e. The zero-order valence-electron chi connectivity index (χ0n) is 17.5. The number of hydrogen-bond donors (Lipinski definition) is 2. The number of carbonyl (C=O) groups is 1. The molecule has 1 amide bonds. The Morgan fingerprint density at radius 1 is 1.07 bits per heavy atom. The Kier molecular flexibility index (Phi) is 7.21. The topological polar surface area (TPSA) is 77.8 Å². The minimum absolute atomic E-state index is 0.00460. The Morgan fingerprint density at radius 3 is 2.33 bits per heavy atom. The number of nitrogens with zero attached hydrogens (tertiary/aromatic N) is 2. The van der Waals surface area contributed by atoms with Gasteiger partial charge in [-0.1, -0.05) is 68.4 Å². The average molecular weight is 419 g/mol. The van der Waals surface area contributed by atoms with Gasteiger partial charge in [-0.15, -0.1) is 0 Å². The summed E-state index contributed by atoms with van der Waals surface area (Å²) >= 11 is 1.36. The molecule has 0 spiro atoms. The van der Waals surface area contributed by atoms with Crippen molar-refractivity contribution in [2.75, 3.05) is 11.9 Å². The molecule has 3 rings (SSSR count). The largest absolute Gasteiger partial charge is 0.364 e. The zero-order chi connectivity index (χ0) is 21.5. The van der Waals surface area contributed by atoms with Crippen molar-refractivity contribution in [1.82, 2.24) is 9.69 Å². The molecule has 0 aliphatic carbocycles. The van der Waals surface area contributed by atoms with Crippen molar-refractivity contribution in [2.45, 2.75) is 33.2 Å². The molecule has 0 unspecified atom stereocenters. The Morgan fingerprint density at radius 2 is 1.70 bits per heavy atom. The highest BCUT2D eigenvalue weighted by molar-refractivity contribution is 7.11. The Labute approximate surface area is 181 Å². The fourth-order valence-corrected chi connectivity index (χ4v) is 4.25. The van der Waals surface area contributed by atoms with Gasteiger partial charge in [-0.25, -0.2) is 0 Å². The number of nitriles is 1. The van der Waals surface area contributed by atoms with Crippen LogP contribution in [0.15, 0.2) is 54.6 Å². The van der Waals surface area contributed by atoms with E-state index in [-0.39, 0.29) is 12.5 Å². The van der Waals surface area contributed by atoms with E-state index in [9.17, 15) is 4.79 Å². The maximum absolute atomic E-state index is 12.6. The molecule has 6 heteroatoms. The van der Waals surface area contributed by atoms with Crippen LogP contribution < -0.4 is 10.6 Å². The molecule has 2 N–H and O–H groups in total. The summed E-state index contributed by atoms with van der Waals surface area (Å²) < 4.78 is 4.52. The predicted molar refractivity (Wildman–Crippen MR) is 123 cm³/mol. The summed E-state index contributed by atoms with van der Waals surface area (Å²) in [6, 6.07) is 20.2. The number of nitrogens with one attached hydrogen (secondary N) is 2. The average Bonchev–Trinajstić information content (AvgIpc) is 3.12. The number of hydrogen-bond acceptors (Lipinski definition) is 5. The molecular weight excluding hydrogens is 392 g/mol. The van der Waals surface area contributed by atoms with Crippen LogP contribution in [0.5, 0.6) is 0 Å². The molecule has 0 fully saturated rings. The Bertz CT molecular complexity index is 1020. The number of aryl methyl sites for hydroxylation is 1. The van der Waals surface area contributed by atoms with Gasteiger partial charge in [0.2, 0.25) is 5.91 Å². The van der Waals surface area contributed by atoms with Gasteiger partial charge in [0.15, 0.2) is 0 Å². The van der Waals surface area contributed by atoms with Gasteiger partial charge < -0.3 is 10.6 Å². The van der Waals surface area contributed by atoms with Gasteiger partial charge in [-0.3, -0.25) is 4.79 Å². The molecule has 0 radical (unpaired) electrons. The summed E-state index contributed by atoms with van der Waals surface area (Å²) in [7, 11) is 0. The summed E-state index contributed by atoms with van der Waals surface area (Å²) in [6.45, 7) is 6.14. The number of amides is 1. The number of rotatable bonds is 8. The summed E-state index contributed by atoms with van der Waals surface area (Å²) in [5.74, 6) is 0.166. The van der Waals surface area contributed by atoms with Crippen molar-refractivity contribution in [2.24, 2.45) is 5.92 Å². The van der Waals surface area contributed by atoms with Gasteiger partial charge in [0.05, 0.1) is 11.8 Å². The van der Waals surface area contributed by atoms with Crippen molar-refractivity contribution in [3.63, 3.8) is 0 Å². The highest BCUT2D eigenvalue weighted by Gasteiger charge is 2.23. The second-order valence-corrected chi connectivity index (χ2v) is 8.39. The summed E-state index contributed by atoms with van der Waals surface area (Å²) in [5, 5.41) is 15.7. The van der Waals surface area contributed by atoms with Gasteiger partial charge in [-0.05, 0) is 47.5 Å². The van der Waals surface area contributed by atoms with Gasteiger partial charge in [0.25, 0.3) is 0 Å². The molecule has 0 aliphatic rings. The van der Waals surface area contributed by atoms with Crippen LogP contribution in [-0.2, 0) is 4.79 Å². The third-order valence-electron chi connectivity index (χ3n) is 4.81. The second-order valence-electron chi connectivity index (χ2n) is 7.62. The van der Waals surface area contributed by atoms with Crippen LogP contribution in [0, 0.1) is 24.2 Å². The molecule has 2 aromatic carbocycles. The number of benzene rings is 2. The predicted octanol–water partition coefficient (Wildman–Crippen LogP) is 5.25. The highest BCUT2D eigenvalue weighted by atomic mass is 32.1. The Balaban J connectivity index is 1.86. The van der Waals surface area contributed by atoms with E-state index in [1.54, 1.807) is 0 Å². The molecule has 3 aromatic rings. The zero-order valence-corrected chi connectivity index (χ0v) is 18.3. The molecule has 0 saturated carbocycles. The van der Waals surface area contributed by atoms with E-state index in [1.807, 2.05) is 31.2 Å². The SMILES string of the molecule is Cc1nsc(N[C@@H](CC(C)C)C(=O)NCC#N)c1-c1ccc(-c2ccccc2)cc1. The first kappa shape index (κ1) is 21.5. The van der Waals surface area contributed by atoms with Gasteiger partial charge in [-0.2, -0.15) is 9.64 Å². The summed E-state index contributed by atoms with van der Waals surface area (Å²) in [5.41, 5.74) is 5.33. The van der Waals surface area contributed by atoms with E-state index in [2.05, 4.69) is 65.3 Å². The summed E-state index contributed by atoms with van der Waals surface area (Å²) in [4.78, 5) is 12.6. The first-order valence-corrected chi connectivity index (χ1v) is 10.8. The number of carbonyl (C=O) groups excluding carboxylic acids is 1. The lowest BCUT2D eigenvalue weighted by atomic mass is 9.99. The number of anilines is 1. The van der Waals surface area contributed by atoms with Crippen molar-refractivity contribution in [3.05, 3.63) is 60.3 Å². The second kappa shape index (κ2) is 10.0. The molecule has 1 aromatic heterocycles. The van der Waals surface area contributed by atoms with E-state index < -0.39 is 6.04 Å². The molecule has 154 valence electrons. The van der Waals surface area contributed by atoms with E-state index in [0.29, 0.717) is 12.3 Å². The van der Waals surface area contributed by atoms with Crippen LogP contribution in [-0.4, -0.2) is 22.9 Å². The minimum Gasteiger partial charge on any atom is -0.364 e. The summed E-state index contributed by atoms with van der Waals surface area (Å²) in [6.07, 6.45) is 0.667. The van der Waals surface area contributed by atoms with Crippen LogP contribution in [0.25, 0.3) is 22.3 Å². The van der Waals surface area contributed by atoms with Crippen molar-refractivity contribution in [1.29, 1.82) is 5.26 Å². The van der Waals surface area contributed by atoms with Gasteiger partial charge in [0, 0.05) is 5.56 Å². The maximum Gasteiger partial charge on any atom is 0.243 e. The van der Waals surface area contributed by atoms with Crippen molar-refractivity contribution < 1.29 is 4.79 Å². The first-order valence-electron chi connectivity index (χ1n) is 10.0. The lowest BCUT2D eigenvalue weighted by Gasteiger charge is -2.20. The minimum atomic E-state index is -0.416. The third-order valence-corrected chi connectivity index (χ3v) is 5.68. The van der Waals surface area contributed by atoms with Gasteiger partial charge in [0.1, 0.15) is 17.6 Å². The van der Waals surface area contributed by atoms with Gasteiger partial charge >= 0.3 is 0 Å². The molecule has 5 nitrogen and oxygen atoms in total. The molecule has 0 saturated heterocycles. The standard InChI is InChI=1S/C24H26N4OS/c1-16(2)15-21(23(29)26-14-13-25)27-24-22(17(3)28-30-24)20-11-9-19(10-12-20)18-7-5-4-6-8-18/h4-12,16,21,27H,14-15H2,1-3H3,(H,26,29)/t21-/m0/s1. The fraction of sp³-hybridized carbons (Fsp3) is 0.292. The van der Waals surface area contributed by atoms with Crippen molar-refractivity contribution in [3.8, 4) is 28.3 Å². The molecular formula is C24H26N4OS. The molecule has 1 heterocycles. The monoisotopic (exact) mass is 418 g/mol. The molecule has 0 aliphatic heterocycles. The maximum atomic E-state index is 12.6. The first-order chi connectivity index (χ1) is 14.5. The quantitative estimate of drug-likeness (QED) is 0.490. The van der Waals surface area contributed by atoms with Crippen LogP contribution >= 0.6 is 11.5 Å². The normalized spacial score (nSPS) is 11.7. The van der Waals surface area contributed by atoms with E-state index in [4.69, 9.17) is 5.26 Å². The lowest BCUT2D eigenvalue weighted by molar-refractivity contribution is -0.121. The van der Waals surface area contributed by atoms with E-state index >= 15 is 0 Å².